The van der Waals surface area contributed by atoms with E-state index < -0.39 is 9.84 Å². The number of rotatable bonds is 4. The van der Waals surface area contributed by atoms with Crippen LogP contribution in [0, 0.1) is 0 Å². The summed E-state index contributed by atoms with van der Waals surface area (Å²) in [6.07, 6.45) is 2.00. The lowest BCUT2D eigenvalue weighted by Crippen LogP contribution is -2.38. The maximum atomic E-state index is 12.7. The molecular weight excluding hydrogens is 340 g/mol. The molecule has 0 radical (unpaired) electrons. The molecule has 1 aromatic carbocycles. The standard InChI is InChI=1S/C17H20N4O3S/c1-20(14-9-11-25(23,24)12-14)16(22)15-8-10-18-17(19-15)21(2)13-6-4-3-5-7-13/h3-8,10,14H,9,11-12H2,1-2H3. The third-order valence-corrected chi connectivity index (χ3v) is 6.13. The second-order valence-electron chi connectivity index (χ2n) is 6.11. The lowest BCUT2D eigenvalue weighted by Gasteiger charge is -2.23. The SMILES string of the molecule is CN(c1ccccc1)c1nccc(C(=O)N(C)C2CCS(=O)(=O)C2)n1. The van der Waals surface area contributed by atoms with Crippen molar-refractivity contribution in [1.82, 2.24) is 14.9 Å². The Labute approximate surface area is 147 Å². The van der Waals surface area contributed by atoms with E-state index in [0.717, 1.165) is 5.69 Å². The van der Waals surface area contributed by atoms with Crippen molar-refractivity contribution in [3.05, 3.63) is 48.3 Å². The molecule has 7 nitrogen and oxygen atoms in total. The Morgan fingerprint density at radius 1 is 1.16 bits per heavy atom. The van der Waals surface area contributed by atoms with Crippen LogP contribution in [0.3, 0.4) is 0 Å². The van der Waals surface area contributed by atoms with Crippen molar-refractivity contribution in [2.45, 2.75) is 12.5 Å². The first-order valence-electron chi connectivity index (χ1n) is 7.97. The molecule has 132 valence electrons. The number of anilines is 2. The quantitative estimate of drug-likeness (QED) is 0.822. The van der Waals surface area contributed by atoms with E-state index in [1.54, 1.807) is 18.0 Å². The normalized spacial score (nSPS) is 18.7. The second-order valence-corrected chi connectivity index (χ2v) is 8.34. The molecule has 2 aromatic rings. The maximum absolute atomic E-state index is 12.7. The van der Waals surface area contributed by atoms with Crippen molar-refractivity contribution in [3.8, 4) is 0 Å². The van der Waals surface area contributed by atoms with Crippen molar-refractivity contribution in [2.75, 3.05) is 30.5 Å². The van der Waals surface area contributed by atoms with Crippen LogP contribution < -0.4 is 4.90 Å². The average Bonchev–Trinajstić information content (AvgIpc) is 3.00. The average molecular weight is 360 g/mol. The molecule has 1 aromatic heterocycles. The molecule has 8 heteroatoms. The van der Waals surface area contributed by atoms with Crippen LogP contribution in [-0.2, 0) is 9.84 Å². The first-order valence-corrected chi connectivity index (χ1v) is 9.79. The summed E-state index contributed by atoms with van der Waals surface area (Å²) < 4.78 is 23.3. The van der Waals surface area contributed by atoms with Crippen LogP contribution in [0.1, 0.15) is 16.9 Å². The number of benzene rings is 1. The molecule has 1 aliphatic heterocycles. The smallest absolute Gasteiger partial charge is 0.272 e. The van der Waals surface area contributed by atoms with E-state index in [1.165, 1.54) is 11.1 Å². The molecule has 1 saturated heterocycles. The summed E-state index contributed by atoms with van der Waals surface area (Å²) in [6, 6.07) is 10.8. The Bertz CT molecular complexity index is 870. The van der Waals surface area contributed by atoms with Gasteiger partial charge in [-0.15, -0.1) is 0 Å². The molecule has 0 saturated carbocycles. The van der Waals surface area contributed by atoms with Gasteiger partial charge in [0.2, 0.25) is 5.95 Å². The van der Waals surface area contributed by atoms with Crippen LogP contribution in [0.5, 0.6) is 0 Å². The summed E-state index contributed by atoms with van der Waals surface area (Å²) >= 11 is 0. The zero-order valence-electron chi connectivity index (χ0n) is 14.2. The predicted octanol–water partition coefficient (Wildman–Crippen LogP) is 1.50. The summed E-state index contributed by atoms with van der Waals surface area (Å²) in [5.41, 5.74) is 1.15. The fourth-order valence-electron chi connectivity index (χ4n) is 2.82. The molecule has 1 fully saturated rings. The van der Waals surface area contributed by atoms with Gasteiger partial charge in [-0.2, -0.15) is 0 Å². The summed E-state index contributed by atoms with van der Waals surface area (Å²) in [6.45, 7) is 0. The molecular formula is C17H20N4O3S. The van der Waals surface area contributed by atoms with Gasteiger partial charge in [-0.1, -0.05) is 18.2 Å². The fraction of sp³-hybridized carbons (Fsp3) is 0.353. The van der Waals surface area contributed by atoms with Gasteiger partial charge in [-0.3, -0.25) is 4.79 Å². The van der Waals surface area contributed by atoms with Crippen LogP contribution in [0.4, 0.5) is 11.6 Å². The molecule has 1 aliphatic rings. The zero-order valence-corrected chi connectivity index (χ0v) is 15.0. The van der Waals surface area contributed by atoms with E-state index in [9.17, 15) is 13.2 Å². The number of para-hydroxylation sites is 1. The van der Waals surface area contributed by atoms with Gasteiger partial charge in [0.15, 0.2) is 9.84 Å². The topological polar surface area (TPSA) is 83.5 Å². The molecule has 2 heterocycles. The van der Waals surface area contributed by atoms with Gasteiger partial charge in [0.05, 0.1) is 11.5 Å². The number of carbonyl (C=O) groups excluding carboxylic acids is 1. The van der Waals surface area contributed by atoms with Crippen molar-refractivity contribution in [3.63, 3.8) is 0 Å². The Hall–Kier alpha value is -2.48. The summed E-state index contributed by atoms with van der Waals surface area (Å²) in [5.74, 6) is 0.245. The number of nitrogens with zero attached hydrogens (tertiary/aromatic N) is 4. The molecule has 1 amide bonds. The highest BCUT2D eigenvalue weighted by atomic mass is 32.2. The summed E-state index contributed by atoms with van der Waals surface area (Å²) in [7, 11) is 0.398. The van der Waals surface area contributed by atoms with Crippen LogP contribution in [0.15, 0.2) is 42.6 Å². The van der Waals surface area contributed by atoms with Crippen molar-refractivity contribution < 1.29 is 13.2 Å². The Kier molecular flexibility index (Phi) is 4.71. The molecule has 1 unspecified atom stereocenters. The van der Waals surface area contributed by atoms with Crippen molar-refractivity contribution in [1.29, 1.82) is 0 Å². The number of amides is 1. The van der Waals surface area contributed by atoms with E-state index in [2.05, 4.69) is 9.97 Å². The van der Waals surface area contributed by atoms with Crippen LogP contribution in [0.2, 0.25) is 0 Å². The molecule has 0 aliphatic carbocycles. The highest BCUT2D eigenvalue weighted by Gasteiger charge is 2.33. The first-order chi connectivity index (χ1) is 11.9. The first kappa shape index (κ1) is 17.3. The number of sulfone groups is 1. The van der Waals surface area contributed by atoms with Gasteiger partial charge in [-0.25, -0.2) is 18.4 Å². The van der Waals surface area contributed by atoms with E-state index in [0.29, 0.717) is 12.4 Å². The van der Waals surface area contributed by atoms with Gasteiger partial charge in [0.25, 0.3) is 5.91 Å². The van der Waals surface area contributed by atoms with Crippen LogP contribution in [-0.4, -0.2) is 60.8 Å². The van der Waals surface area contributed by atoms with Gasteiger partial charge in [0, 0.05) is 32.0 Å². The summed E-state index contributed by atoms with van der Waals surface area (Å²) in [4.78, 5) is 24.5. The van der Waals surface area contributed by atoms with E-state index in [4.69, 9.17) is 0 Å². The Balaban J connectivity index is 1.80. The molecule has 1 atom stereocenters. The van der Waals surface area contributed by atoms with Crippen molar-refractivity contribution >= 4 is 27.4 Å². The zero-order chi connectivity index (χ0) is 18.0. The van der Waals surface area contributed by atoms with E-state index >= 15 is 0 Å². The highest BCUT2D eigenvalue weighted by molar-refractivity contribution is 7.91. The molecule has 0 spiro atoms. The van der Waals surface area contributed by atoms with Gasteiger partial charge in [-0.05, 0) is 24.6 Å². The minimum absolute atomic E-state index is 0.0110. The van der Waals surface area contributed by atoms with Crippen molar-refractivity contribution in [2.24, 2.45) is 0 Å². The monoisotopic (exact) mass is 360 g/mol. The lowest BCUT2D eigenvalue weighted by molar-refractivity contribution is 0.0741. The Morgan fingerprint density at radius 3 is 2.52 bits per heavy atom. The summed E-state index contributed by atoms with van der Waals surface area (Å²) in [5, 5.41) is 0. The number of hydrogen-bond donors (Lipinski definition) is 0. The molecule has 3 rings (SSSR count). The third-order valence-electron chi connectivity index (χ3n) is 4.38. The predicted molar refractivity (Wildman–Crippen MR) is 95.7 cm³/mol. The van der Waals surface area contributed by atoms with Gasteiger partial charge >= 0.3 is 0 Å². The minimum atomic E-state index is -3.05. The lowest BCUT2D eigenvalue weighted by atomic mass is 10.2. The molecule has 25 heavy (non-hydrogen) atoms. The third kappa shape index (κ3) is 3.79. The van der Waals surface area contributed by atoms with Crippen LogP contribution in [0.25, 0.3) is 0 Å². The van der Waals surface area contributed by atoms with E-state index in [-0.39, 0.29) is 29.1 Å². The number of hydrogen-bond acceptors (Lipinski definition) is 6. The molecule has 0 bridgehead atoms. The highest BCUT2D eigenvalue weighted by Crippen LogP contribution is 2.21. The van der Waals surface area contributed by atoms with E-state index in [1.807, 2.05) is 37.4 Å². The fourth-order valence-corrected chi connectivity index (χ4v) is 4.60. The number of aromatic nitrogens is 2. The maximum Gasteiger partial charge on any atom is 0.272 e. The van der Waals surface area contributed by atoms with Gasteiger partial charge < -0.3 is 9.80 Å². The number of carbonyl (C=O) groups is 1. The van der Waals surface area contributed by atoms with Gasteiger partial charge in [0.1, 0.15) is 5.69 Å². The largest absolute Gasteiger partial charge is 0.336 e. The minimum Gasteiger partial charge on any atom is -0.336 e. The molecule has 0 N–H and O–H groups in total. The second kappa shape index (κ2) is 6.79. The Morgan fingerprint density at radius 2 is 1.88 bits per heavy atom. The van der Waals surface area contributed by atoms with Crippen LogP contribution >= 0.6 is 0 Å².